The van der Waals surface area contributed by atoms with Gasteiger partial charge in [-0.1, -0.05) is 26.0 Å². The third kappa shape index (κ3) is 5.75. The second kappa shape index (κ2) is 8.02. The number of rotatable bonds is 9. The fourth-order valence-corrected chi connectivity index (χ4v) is 3.54. The van der Waals surface area contributed by atoms with Gasteiger partial charge in [0.25, 0.3) is 0 Å². The third-order valence-electron chi connectivity index (χ3n) is 3.19. The highest BCUT2D eigenvalue weighted by atomic mass is 32.2. The standard InChI is InChI=1S/C15H23NO4S/c1-3-10-21(19,20)14-7-5-4-6-13(14)16-11-12(2)8-9-15(17)18/h4-7,12,16H,3,8-11H2,1-2H3,(H,17,18). The Morgan fingerprint density at radius 1 is 1.33 bits per heavy atom. The number of para-hydroxylation sites is 1. The molecule has 0 aliphatic rings. The average Bonchev–Trinajstić information content (AvgIpc) is 2.43. The van der Waals surface area contributed by atoms with Crippen LogP contribution < -0.4 is 5.32 Å². The minimum atomic E-state index is -3.27. The molecule has 1 aromatic rings. The maximum atomic E-state index is 12.2. The highest BCUT2D eigenvalue weighted by Gasteiger charge is 2.17. The molecule has 0 aromatic heterocycles. The van der Waals surface area contributed by atoms with Crippen LogP contribution in [-0.4, -0.2) is 31.8 Å². The molecule has 2 N–H and O–H groups in total. The summed E-state index contributed by atoms with van der Waals surface area (Å²) in [6, 6.07) is 6.85. The third-order valence-corrected chi connectivity index (χ3v) is 5.16. The number of aliphatic carboxylic acids is 1. The summed E-state index contributed by atoms with van der Waals surface area (Å²) in [7, 11) is -3.27. The first kappa shape index (κ1) is 17.5. The van der Waals surface area contributed by atoms with Crippen LogP contribution in [0.5, 0.6) is 0 Å². The lowest BCUT2D eigenvalue weighted by molar-refractivity contribution is -0.137. The molecule has 0 radical (unpaired) electrons. The molecule has 0 spiro atoms. The Balaban J connectivity index is 2.74. The number of carboxylic acid groups (broad SMARTS) is 1. The molecule has 0 aliphatic heterocycles. The lowest BCUT2D eigenvalue weighted by Crippen LogP contribution is -2.15. The number of carbonyl (C=O) groups is 1. The summed E-state index contributed by atoms with van der Waals surface area (Å²) < 4.78 is 24.4. The number of nitrogens with one attached hydrogen (secondary N) is 1. The number of sulfone groups is 1. The summed E-state index contributed by atoms with van der Waals surface area (Å²) >= 11 is 0. The van der Waals surface area contributed by atoms with Crippen molar-refractivity contribution in [2.45, 2.75) is 38.0 Å². The van der Waals surface area contributed by atoms with Gasteiger partial charge < -0.3 is 10.4 Å². The van der Waals surface area contributed by atoms with Crippen molar-refractivity contribution in [3.05, 3.63) is 24.3 Å². The molecule has 0 bridgehead atoms. The van der Waals surface area contributed by atoms with Crippen molar-refractivity contribution in [3.8, 4) is 0 Å². The van der Waals surface area contributed by atoms with Gasteiger partial charge >= 0.3 is 5.97 Å². The fourth-order valence-electron chi connectivity index (χ4n) is 2.02. The van der Waals surface area contributed by atoms with E-state index in [1.165, 1.54) is 0 Å². The first-order valence-corrected chi connectivity index (χ1v) is 8.79. The van der Waals surface area contributed by atoms with E-state index in [4.69, 9.17) is 5.11 Å². The van der Waals surface area contributed by atoms with Crippen LogP contribution in [0.15, 0.2) is 29.2 Å². The molecule has 21 heavy (non-hydrogen) atoms. The van der Waals surface area contributed by atoms with Crippen LogP contribution in [0.3, 0.4) is 0 Å². The molecule has 6 heteroatoms. The zero-order chi connectivity index (χ0) is 15.9. The van der Waals surface area contributed by atoms with Gasteiger partial charge in [-0.3, -0.25) is 4.79 Å². The molecule has 0 amide bonds. The second-order valence-electron chi connectivity index (χ2n) is 5.23. The van der Waals surface area contributed by atoms with Crippen molar-refractivity contribution < 1.29 is 18.3 Å². The Morgan fingerprint density at radius 3 is 2.62 bits per heavy atom. The van der Waals surface area contributed by atoms with E-state index in [1.54, 1.807) is 24.3 Å². The van der Waals surface area contributed by atoms with Crippen LogP contribution in [0.4, 0.5) is 5.69 Å². The zero-order valence-electron chi connectivity index (χ0n) is 12.5. The summed E-state index contributed by atoms with van der Waals surface area (Å²) in [4.78, 5) is 10.9. The van der Waals surface area contributed by atoms with E-state index in [0.717, 1.165) is 0 Å². The monoisotopic (exact) mass is 313 g/mol. The van der Waals surface area contributed by atoms with Crippen LogP contribution >= 0.6 is 0 Å². The van der Waals surface area contributed by atoms with Crippen molar-refractivity contribution in [1.29, 1.82) is 0 Å². The molecule has 0 saturated carbocycles. The smallest absolute Gasteiger partial charge is 0.303 e. The van der Waals surface area contributed by atoms with Crippen LogP contribution in [-0.2, 0) is 14.6 Å². The molecule has 0 aliphatic carbocycles. The average molecular weight is 313 g/mol. The molecule has 0 heterocycles. The molecule has 118 valence electrons. The van der Waals surface area contributed by atoms with Gasteiger partial charge in [0.2, 0.25) is 0 Å². The predicted molar refractivity (Wildman–Crippen MR) is 83.3 cm³/mol. The lowest BCUT2D eigenvalue weighted by atomic mass is 10.1. The van der Waals surface area contributed by atoms with Crippen molar-refractivity contribution in [2.24, 2.45) is 5.92 Å². The number of hydrogen-bond acceptors (Lipinski definition) is 4. The first-order valence-electron chi connectivity index (χ1n) is 7.14. The number of benzene rings is 1. The topological polar surface area (TPSA) is 83.5 Å². The highest BCUT2D eigenvalue weighted by Crippen LogP contribution is 2.23. The van der Waals surface area contributed by atoms with Crippen molar-refractivity contribution in [3.63, 3.8) is 0 Å². The Morgan fingerprint density at radius 2 is 2.00 bits per heavy atom. The Hall–Kier alpha value is -1.56. The summed E-state index contributed by atoms with van der Waals surface area (Å²) in [6.45, 7) is 4.33. The van der Waals surface area contributed by atoms with E-state index in [-0.39, 0.29) is 18.1 Å². The molecular formula is C15H23NO4S. The van der Waals surface area contributed by atoms with Gasteiger partial charge in [-0.15, -0.1) is 0 Å². The molecular weight excluding hydrogens is 290 g/mol. The first-order chi connectivity index (χ1) is 9.86. The van der Waals surface area contributed by atoms with E-state index >= 15 is 0 Å². The van der Waals surface area contributed by atoms with Crippen molar-refractivity contribution >= 4 is 21.5 Å². The van der Waals surface area contributed by atoms with E-state index in [1.807, 2.05) is 13.8 Å². The highest BCUT2D eigenvalue weighted by molar-refractivity contribution is 7.91. The molecule has 0 saturated heterocycles. The van der Waals surface area contributed by atoms with E-state index in [2.05, 4.69) is 5.32 Å². The molecule has 5 nitrogen and oxygen atoms in total. The van der Waals surface area contributed by atoms with Crippen LogP contribution in [0.25, 0.3) is 0 Å². The van der Waals surface area contributed by atoms with Gasteiger partial charge in [-0.25, -0.2) is 8.42 Å². The lowest BCUT2D eigenvalue weighted by Gasteiger charge is -2.15. The minimum Gasteiger partial charge on any atom is -0.481 e. The van der Waals surface area contributed by atoms with Crippen LogP contribution in [0, 0.1) is 5.92 Å². The van der Waals surface area contributed by atoms with E-state index in [9.17, 15) is 13.2 Å². The van der Waals surface area contributed by atoms with Gasteiger partial charge in [0, 0.05) is 13.0 Å². The SMILES string of the molecule is CCCS(=O)(=O)c1ccccc1NCC(C)CCC(=O)O. The Bertz CT molecular complexity index is 569. The number of hydrogen-bond donors (Lipinski definition) is 2. The Labute approximate surface area is 126 Å². The van der Waals surface area contributed by atoms with Gasteiger partial charge in [0.15, 0.2) is 9.84 Å². The van der Waals surface area contributed by atoms with Crippen LogP contribution in [0.2, 0.25) is 0 Å². The summed E-state index contributed by atoms with van der Waals surface area (Å²) in [5.41, 5.74) is 0.591. The molecule has 1 atom stereocenters. The van der Waals surface area contributed by atoms with Crippen LogP contribution in [0.1, 0.15) is 33.1 Å². The number of carboxylic acids is 1. The summed E-state index contributed by atoms with van der Waals surface area (Å²) in [6.07, 6.45) is 1.26. The van der Waals surface area contributed by atoms with E-state index < -0.39 is 15.8 Å². The number of anilines is 1. The molecule has 0 fully saturated rings. The van der Waals surface area contributed by atoms with Gasteiger partial charge in [-0.05, 0) is 30.9 Å². The minimum absolute atomic E-state index is 0.124. The maximum absolute atomic E-state index is 12.2. The van der Waals surface area contributed by atoms with Crippen molar-refractivity contribution in [1.82, 2.24) is 0 Å². The fraction of sp³-hybridized carbons (Fsp3) is 0.533. The quantitative estimate of drug-likeness (QED) is 0.732. The Kier molecular flexibility index (Phi) is 6.68. The van der Waals surface area contributed by atoms with Gasteiger partial charge in [0.1, 0.15) is 0 Å². The van der Waals surface area contributed by atoms with E-state index in [0.29, 0.717) is 30.0 Å². The molecule has 1 unspecified atom stereocenters. The second-order valence-corrected chi connectivity index (χ2v) is 7.31. The van der Waals surface area contributed by atoms with Gasteiger partial charge in [0.05, 0.1) is 16.3 Å². The summed E-state index contributed by atoms with van der Waals surface area (Å²) in [5.74, 6) is -0.531. The van der Waals surface area contributed by atoms with Gasteiger partial charge in [-0.2, -0.15) is 0 Å². The predicted octanol–water partition coefficient (Wildman–Crippen LogP) is 2.78. The zero-order valence-corrected chi connectivity index (χ0v) is 13.3. The maximum Gasteiger partial charge on any atom is 0.303 e. The van der Waals surface area contributed by atoms with Crippen molar-refractivity contribution in [2.75, 3.05) is 17.6 Å². The normalized spacial score (nSPS) is 12.9. The summed E-state index contributed by atoms with van der Waals surface area (Å²) in [5, 5.41) is 11.8. The molecule has 1 rings (SSSR count). The molecule has 1 aromatic carbocycles. The largest absolute Gasteiger partial charge is 0.481 e.